The highest BCUT2D eigenvalue weighted by Crippen LogP contribution is 2.57. The first-order valence-electron chi connectivity index (χ1n) is 6.50. The van der Waals surface area contributed by atoms with Crippen LogP contribution in [-0.2, 0) is 9.47 Å². The van der Waals surface area contributed by atoms with Gasteiger partial charge in [-0.05, 0) is 56.3 Å². The predicted molar refractivity (Wildman–Crippen MR) is 60.3 cm³/mol. The molecule has 0 saturated heterocycles. The van der Waals surface area contributed by atoms with Gasteiger partial charge in [-0.2, -0.15) is 0 Å². The van der Waals surface area contributed by atoms with Crippen LogP contribution in [0, 0.1) is 24.4 Å². The molecule has 4 saturated carbocycles. The Morgan fingerprint density at radius 3 is 2.18 bits per heavy atom. The van der Waals surface area contributed by atoms with Gasteiger partial charge in [0.25, 0.3) is 0 Å². The van der Waals surface area contributed by atoms with Gasteiger partial charge in [0.05, 0.1) is 5.60 Å². The molecule has 0 unspecified atom stereocenters. The first kappa shape index (κ1) is 11.3. The SMILES string of the molecule is O=C(O)OC[CH]OC12CC3CC(CC(C3)C1)C2. The molecule has 17 heavy (non-hydrogen) atoms. The Hall–Kier alpha value is -0.770. The van der Waals surface area contributed by atoms with Crippen LogP contribution in [0.15, 0.2) is 0 Å². The monoisotopic (exact) mass is 239 g/mol. The van der Waals surface area contributed by atoms with Crippen LogP contribution < -0.4 is 0 Å². The highest BCUT2D eigenvalue weighted by Gasteiger charge is 2.51. The lowest BCUT2D eigenvalue weighted by atomic mass is 9.54. The van der Waals surface area contributed by atoms with Gasteiger partial charge in [0.2, 0.25) is 0 Å². The summed E-state index contributed by atoms with van der Waals surface area (Å²) in [4.78, 5) is 10.2. The normalized spacial score (nSPS) is 42.7. The fourth-order valence-corrected chi connectivity index (χ4v) is 4.49. The van der Waals surface area contributed by atoms with Crippen LogP contribution in [0.3, 0.4) is 0 Å². The zero-order valence-corrected chi connectivity index (χ0v) is 9.93. The van der Waals surface area contributed by atoms with Crippen LogP contribution in [0.1, 0.15) is 38.5 Å². The number of carbonyl (C=O) groups is 1. The highest BCUT2D eigenvalue weighted by molar-refractivity contribution is 5.56. The molecule has 0 amide bonds. The third kappa shape index (κ3) is 2.28. The van der Waals surface area contributed by atoms with E-state index in [1.165, 1.54) is 19.3 Å². The van der Waals surface area contributed by atoms with E-state index in [-0.39, 0.29) is 12.2 Å². The van der Waals surface area contributed by atoms with E-state index in [0.717, 1.165) is 37.0 Å². The Kier molecular flexibility index (Phi) is 2.77. The van der Waals surface area contributed by atoms with Gasteiger partial charge in [0, 0.05) is 0 Å². The molecule has 95 valence electrons. The molecular weight excluding hydrogens is 220 g/mol. The third-order valence-electron chi connectivity index (χ3n) is 4.59. The summed E-state index contributed by atoms with van der Waals surface area (Å²) in [6.45, 7) is 1.58. The van der Waals surface area contributed by atoms with Crippen molar-refractivity contribution >= 4 is 6.16 Å². The number of hydrogen-bond acceptors (Lipinski definition) is 3. The van der Waals surface area contributed by atoms with Crippen molar-refractivity contribution in [1.82, 2.24) is 0 Å². The van der Waals surface area contributed by atoms with Crippen molar-refractivity contribution in [1.29, 1.82) is 0 Å². The Morgan fingerprint density at radius 1 is 1.18 bits per heavy atom. The van der Waals surface area contributed by atoms with Gasteiger partial charge >= 0.3 is 6.16 Å². The molecule has 4 rings (SSSR count). The van der Waals surface area contributed by atoms with E-state index < -0.39 is 6.16 Å². The van der Waals surface area contributed by atoms with Crippen LogP contribution >= 0.6 is 0 Å². The molecule has 0 aliphatic heterocycles. The smallest absolute Gasteiger partial charge is 0.450 e. The molecule has 4 aliphatic rings. The predicted octanol–water partition coefficient (Wildman–Crippen LogP) is 2.83. The molecule has 0 atom stereocenters. The fourth-order valence-electron chi connectivity index (χ4n) is 4.49. The van der Waals surface area contributed by atoms with Gasteiger partial charge in [-0.15, -0.1) is 0 Å². The average Bonchev–Trinajstić information content (AvgIpc) is 2.22. The Labute approximate surface area is 101 Å². The topological polar surface area (TPSA) is 55.8 Å². The van der Waals surface area contributed by atoms with Gasteiger partial charge < -0.3 is 14.6 Å². The minimum absolute atomic E-state index is 0.0105. The first-order valence-corrected chi connectivity index (χ1v) is 6.50. The minimum atomic E-state index is -1.24. The summed E-state index contributed by atoms with van der Waals surface area (Å²) in [7, 11) is 0. The third-order valence-corrected chi connectivity index (χ3v) is 4.59. The molecule has 4 aliphatic carbocycles. The second kappa shape index (κ2) is 4.16. The van der Waals surface area contributed by atoms with Crippen LogP contribution in [0.2, 0.25) is 0 Å². The number of ether oxygens (including phenoxy) is 2. The molecule has 4 bridgehead atoms. The van der Waals surface area contributed by atoms with Crippen LogP contribution in [-0.4, -0.2) is 23.5 Å². The molecule has 0 aromatic heterocycles. The maximum Gasteiger partial charge on any atom is 0.505 e. The summed E-state index contributed by atoms with van der Waals surface area (Å²) in [6, 6.07) is 0. The van der Waals surface area contributed by atoms with E-state index in [0.29, 0.717) is 0 Å². The maximum absolute atomic E-state index is 10.2. The molecule has 0 spiro atoms. The fraction of sp³-hybridized carbons (Fsp3) is 0.846. The molecule has 0 heterocycles. The Balaban J connectivity index is 1.53. The molecule has 1 radical (unpaired) electrons. The van der Waals surface area contributed by atoms with E-state index in [1.807, 2.05) is 0 Å². The molecule has 1 N–H and O–H groups in total. The van der Waals surface area contributed by atoms with E-state index >= 15 is 0 Å². The zero-order valence-electron chi connectivity index (χ0n) is 9.93. The second-order valence-electron chi connectivity index (χ2n) is 5.96. The molecule has 4 nitrogen and oxygen atoms in total. The molecule has 4 heteroatoms. The van der Waals surface area contributed by atoms with Crippen molar-refractivity contribution in [2.45, 2.75) is 44.1 Å². The molecule has 0 aromatic rings. The van der Waals surface area contributed by atoms with Crippen molar-refractivity contribution in [3.8, 4) is 0 Å². The number of rotatable bonds is 4. The quantitative estimate of drug-likeness (QED) is 0.605. The van der Waals surface area contributed by atoms with Crippen LogP contribution in [0.5, 0.6) is 0 Å². The van der Waals surface area contributed by atoms with Gasteiger partial charge in [-0.1, -0.05) is 0 Å². The average molecular weight is 239 g/mol. The lowest BCUT2D eigenvalue weighted by molar-refractivity contribution is -0.147. The molecule has 4 fully saturated rings. The summed E-state index contributed by atoms with van der Waals surface area (Å²) >= 11 is 0. The van der Waals surface area contributed by atoms with Gasteiger partial charge in [0.15, 0.2) is 0 Å². The minimum Gasteiger partial charge on any atom is -0.450 e. The van der Waals surface area contributed by atoms with E-state index in [1.54, 1.807) is 6.61 Å². The summed E-state index contributed by atoms with van der Waals surface area (Å²) < 4.78 is 10.3. The molecule has 0 aromatic carbocycles. The first-order chi connectivity index (χ1) is 8.15. The number of carboxylic acid groups (broad SMARTS) is 1. The highest BCUT2D eigenvalue weighted by atomic mass is 16.7. The number of hydrogen-bond donors (Lipinski definition) is 1. The van der Waals surface area contributed by atoms with E-state index in [2.05, 4.69) is 4.74 Å². The van der Waals surface area contributed by atoms with Gasteiger partial charge in [-0.3, -0.25) is 0 Å². The van der Waals surface area contributed by atoms with E-state index in [4.69, 9.17) is 9.84 Å². The summed E-state index contributed by atoms with van der Waals surface area (Å²) in [5, 5.41) is 8.38. The zero-order chi connectivity index (χ0) is 11.9. The van der Waals surface area contributed by atoms with Crippen molar-refractivity contribution in [2.24, 2.45) is 17.8 Å². The van der Waals surface area contributed by atoms with E-state index in [9.17, 15) is 4.79 Å². The summed E-state index contributed by atoms with van der Waals surface area (Å²) in [5.74, 6) is 2.53. The Morgan fingerprint density at radius 2 is 1.71 bits per heavy atom. The largest absolute Gasteiger partial charge is 0.505 e. The van der Waals surface area contributed by atoms with Crippen molar-refractivity contribution in [2.75, 3.05) is 6.61 Å². The van der Waals surface area contributed by atoms with Crippen molar-refractivity contribution in [3.05, 3.63) is 6.61 Å². The van der Waals surface area contributed by atoms with Gasteiger partial charge in [-0.25, -0.2) is 4.79 Å². The summed E-state index contributed by atoms with van der Waals surface area (Å²) in [6.07, 6.45) is 6.38. The van der Waals surface area contributed by atoms with Crippen molar-refractivity contribution in [3.63, 3.8) is 0 Å². The maximum atomic E-state index is 10.2. The van der Waals surface area contributed by atoms with Crippen LogP contribution in [0.25, 0.3) is 0 Å². The van der Waals surface area contributed by atoms with Crippen LogP contribution in [0.4, 0.5) is 4.79 Å². The Bertz CT molecular complexity index is 277. The lowest BCUT2D eigenvalue weighted by Crippen LogP contribution is -2.51. The molecular formula is C13H19O4. The van der Waals surface area contributed by atoms with Crippen molar-refractivity contribution < 1.29 is 19.4 Å². The lowest BCUT2D eigenvalue weighted by Gasteiger charge is -2.56. The standard InChI is InChI=1S/C13H19O4/c14-12(15)16-1-2-17-13-6-9-3-10(7-13)5-11(4-9)8-13/h2,9-11H,1,3-8H2,(H,14,15). The van der Waals surface area contributed by atoms with Gasteiger partial charge in [0.1, 0.15) is 13.2 Å². The second-order valence-corrected chi connectivity index (χ2v) is 5.96. The summed E-state index contributed by atoms with van der Waals surface area (Å²) in [5.41, 5.74) is 0.0105.